The highest BCUT2D eigenvalue weighted by Gasteiger charge is 2.17. The number of halogens is 3. The summed E-state index contributed by atoms with van der Waals surface area (Å²) in [5.74, 6) is -4.22. The summed E-state index contributed by atoms with van der Waals surface area (Å²) in [6.07, 6.45) is 1.66. The lowest BCUT2D eigenvalue weighted by atomic mass is 10.1. The molecule has 4 nitrogen and oxygen atoms in total. The molecule has 1 aliphatic heterocycles. The van der Waals surface area contributed by atoms with E-state index in [1.54, 1.807) is 24.3 Å². The van der Waals surface area contributed by atoms with Crippen molar-refractivity contribution in [3.63, 3.8) is 0 Å². The van der Waals surface area contributed by atoms with E-state index >= 15 is 0 Å². The van der Waals surface area contributed by atoms with E-state index in [1.807, 2.05) is 0 Å². The second-order valence-electron chi connectivity index (χ2n) is 6.04. The minimum atomic E-state index is -1.55. The first-order valence-electron chi connectivity index (χ1n) is 8.29. The van der Waals surface area contributed by atoms with Crippen molar-refractivity contribution >= 4 is 11.6 Å². The van der Waals surface area contributed by atoms with Crippen molar-refractivity contribution in [3.8, 4) is 5.75 Å². The zero-order valence-electron chi connectivity index (χ0n) is 13.9. The predicted octanol–water partition coefficient (Wildman–Crippen LogP) is 3.84. The molecule has 0 radical (unpaired) electrons. The molecule has 1 atom stereocenters. The van der Waals surface area contributed by atoms with E-state index in [2.05, 4.69) is 5.32 Å². The summed E-state index contributed by atoms with van der Waals surface area (Å²) in [6, 6.07) is 8.48. The third-order valence-corrected chi connectivity index (χ3v) is 4.02. The first kappa shape index (κ1) is 18.3. The highest BCUT2D eigenvalue weighted by atomic mass is 19.2. The summed E-state index contributed by atoms with van der Waals surface area (Å²) in [5, 5.41) is 2.64. The first-order valence-corrected chi connectivity index (χ1v) is 8.29. The Balaban J connectivity index is 1.63. The van der Waals surface area contributed by atoms with Crippen LogP contribution >= 0.6 is 0 Å². The van der Waals surface area contributed by atoms with Crippen LogP contribution in [0.1, 0.15) is 18.4 Å². The minimum absolute atomic E-state index is 0.0314. The third kappa shape index (κ3) is 4.54. The van der Waals surface area contributed by atoms with Crippen LogP contribution in [0.5, 0.6) is 5.75 Å². The highest BCUT2D eigenvalue weighted by molar-refractivity contribution is 5.93. The summed E-state index contributed by atoms with van der Waals surface area (Å²) >= 11 is 0. The molecular weight excluding hydrogens is 347 g/mol. The topological polar surface area (TPSA) is 47.6 Å². The Hall–Kier alpha value is -2.54. The molecule has 2 aromatic rings. The first-order chi connectivity index (χ1) is 12.5. The van der Waals surface area contributed by atoms with Crippen LogP contribution in [-0.2, 0) is 16.0 Å². The quantitative estimate of drug-likeness (QED) is 0.792. The number of anilines is 1. The maximum Gasteiger partial charge on any atom is 0.228 e. The lowest BCUT2D eigenvalue weighted by Crippen LogP contribution is -2.19. The molecule has 7 heteroatoms. The largest absolute Gasteiger partial charge is 0.489 e. The molecule has 1 unspecified atom stereocenters. The molecule has 1 saturated heterocycles. The number of amides is 1. The monoisotopic (exact) mass is 365 g/mol. The molecule has 0 aliphatic carbocycles. The molecule has 2 aromatic carbocycles. The zero-order valence-corrected chi connectivity index (χ0v) is 13.9. The van der Waals surface area contributed by atoms with Gasteiger partial charge in [0, 0.05) is 6.61 Å². The van der Waals surface area contributed by atoms with E-state index in [0.717, 1.165) is 31.6 Å². The van der Waals surface area contributed by atoms with Crippen LogP contribution in [0.2, 0.25) is 0 Å². The van der Waals surface area contributed by atoms with Crippen molar-refractivity contribution < 1.29 is 27.4 Å². The Morgan fingerprint density at radius 2 is 1.92 bits per heavy atom. The molecule has 1 aliphatic rings. The number of nitrogens with one attached hydrogen (secondary N) is 1. The standard InChI is InChI=1S/C19H18F3NO3/c20-14-8-12(9-15(21)19(14)22)10-18(24)23-16-5-1-2-6-17(16)26-11-13-4-3-7-25-13/h1-2,5-6,8-9,13H,3-4,7,10-11H2,(H,23,24). The van der Waals surface area contributed by atoms with E-state index in [1.165, 1.54) is 0 Å². The molecule has 0 aromatic heterocycles. The fraction of sp³-hybridized carbons (Fsp3) is 0.316. The summed E-state index contributed by atoms with van der Waals surface area (Å²) in [5.41, 5.74) is 0.482. The number of hydrogen-bond acceptors (Lipinski definition) is 3. The summed E-state index contributed by atoms with van der Waals surface area (Å²) in [7, 11) is 0. The fourth-order valence-corrected chi connectivity index (χ4v) is 2.74. The second-order valence-corrected chi connectivity index (χ2v) is 6.04. The van der Waals surface area contributed by atoms with Gasteiger partial charge >= 0.3 is 0 Å². The number of ether oxygens (including phenoxy) is 2. The molecule has 138 valence electrons. The van der Waals surface area contributed by atoms with E-state index in [-0.39, 0.29) is 18.1 Å². The number of carbonyl (C=O) groups excluding carboxylic acids is 1. The number of carbonyl (C=O) groups is 1. The van der Waals surface area contributed by atoms with Crippen LogP contribution in [0.4, 0.5) is 18.9 Å². The van der Waals surface area contributed by atoms with Crippen molar-refractivity contribution in [2.24, 2.45) is 0 Å². The van der Waals surface area contributed by atoms with Crippen LogP contribution in [0, 0.1) is 17.5 Å². The normalized spacial score (nSPS) is 16.5. The van der Waals surface area contributed by atoms with E-state index < -0.39 is 23.4 Å². The average Bonchev–Trinajstić information content (AvgIpc) is 3.12. The Labute approximate surface area is 148 Å². The smallest absolute Gasteiger partial charge is 0.228 e. The highest BCUT2D eigenvalue weighted by Crippen LogP contribution is 2.25. The third-order valence-electron chi connectivity index (χ3n) is 4.02. The Morgan fingerprint density at radius 1 is 1.19 bits per heavy atom. The van der Waals surface area contributed by atoms with Gasteiger partial charge < -0.3 is 14.8 Å². The molecule has 1 N–H and O–H groups in total. The van der Waals surface area contributed by atoms with Crippen LogP contribution in [0.15, 0.2) is 36.4 Å². The van der Waals surface area contributed by atoms with Gasteiger partial charge in [0.05, 0.1) is 18.2 Å². The lowest BCUT2D eigenvalue weighted by molar-refractivity contribution is -0.115. The summed E-state index contributed by atoms with van der Waals surface area (Å²) in [6.45, 7) is 1.10. The molecule has 0 spiro atoms. The molecule has 0 bridgehead atoms. The fourth-order valence-electron chi connectivity index (χ4n) is 2.74. The number of para-hydroxylation sites is 2. The Bertz CT molecular complexity index is 768. The summed E-state index contributed by atoms with van der Waals surface area (Å²) < 4.78 is 50.7. The SMILES string of the molecule is O=C(Cc1cc(F)c(F)c(F)c1)Nc1ccccc1OCC1CCCO1. The van der Waals surface area contributed by atoms with Crippen LogP contribution in [0.25, 0.3) is 0 Å². The van der Waals surface area contributed by atoms with E-state index in [0.29, 0.717) is 18.0 Å². The molecule has 1 amide bonds. The minimum Gasteiger partial charge on any atom is -0.489 e. The molecule has 3 rings (SSSR count). The van der Waals surface area contributed by atoms with Gasteiger partial charge in [-0.2, -0.15) is 0 Å². The van der Waals surface area contributed by atoms with Crippen molar-refractivity contribution in [1.82, 2.24) is 0 Å². The summed E-state index contributed by atoms with van der Waals surface area (Å²) in [4.78, 5) is 12.2. The van der Waals surface area contributed by atoms with Crippen LogP contribution in [0.3, 0.4) is 0 Å². The van der Waals surface area contributed by atoms with Gasteiger partial charge in [-0.1, -0.05) is 12.1 Å². The van der Waals surface area contributed by atoms with Gasteiger partial charge in [0.15, 0.2) is 17.5 Å². The number of rotatable bonds is 6. The van der Waals surface area contributed by atoms with Gasteiger partial charge in [0.2, 0.25) is 5.91 Å². The van der Waals surface area contributed by atoms with E-state index in [9.17, 15) is 18.0 Å². The Morgan fingerprint density at radius 3 is 2.62 bits per heavy atom. The van der Waals surface area contributed by atoms with Crippen molar-refractivity contribution in [1.29, 1.82) is 0 Å². The van der Waals surface area contributed by atoms with Gasteiger partial charge in [-0.25, -0.2) is 13.2 Å². The number of hydrogen-bond donors (Lipinski definition) is 1. The average molecular weight is 365 g/mol. The van der Waals surface area contributed by atoms with Gasteiger partial charge in [-0.3, -0.25) is 4.79 Å². The molecule has 1 fully saturated rings. The van der Waals surface area contributed by atoms with Crippen LogP contribution < -0.4 is 10.1 Å². The lowest BCUT2D eigenvalue weighted by Gasteiger charge is -2.15. The zero-order chi connectivity index (χ0) is 18.5. The maximum absolute atomic E-state index is 13.3. The maximum atomic E-state index is 13.3. The van der Waals surface area contributed by atoms with Gasteiger partial charge in [-0.05, 0) is 42.7 Å². The van der Waals surface area contributed by atoms with Crippen molar-refractivity contribution in [2.75, 3.05) is 18.5 Å². The Kier molecular flexibility index (Phi) is 5.78. The van der Waals surface area contributed by atoms with E-state index in [4.69, 9.17) is 9.47 Å². The molecule has 1 heterocycles. The second kappa shape index (κ2) is 8.23. The predicted molar refractivity (Wildman–Crippen MR) is 89.6 cm³/mol. The molecule has 26 heavy (non-hydrogen) atoms. The molecule has 0 saturated carbocycles. The van der Waals surface area contributed by atoms with Crippen molar-refractivity contribution in [3.05, 3.63) is 59.4 Å². The van der Waals surface area contributed by atoms with Gasteiger partial charge in [0.1, 0.15) is 12.4 Å². The van der Waals surface area contributed by atoms with Gasteiger partial charge in [-0.15, -0.1) is 0 Å². The molecular formula is C19H18F3NO3. The number of benzene rings is 2. The van der Waals surface area contributed by atoms with Gasteiger partial charge in [0.25, 0.3) is 0 Å². The van der Waals surface area contributed by atoms with Crippen LogP contribution in [-0.4, -0.2) is 25.2 Å². The van der Waals surface area contributed by atoms with Crippen molar-refractivity contribution in [2.45, 2.75) is 25.4 Å².